The average molecular weight is 452 g/mol. The van der Waals surface area contributed by atoms with E-state index >= 15 is 0 Å². The van der Waals surface area contributed by atoms with Crippen LogP contribution in [0.4, 0.5) is 5.69 Å². The van der Waals surface area contributed by atoms with Crippen molar-refractivity contribution >= 4 is 27.5 Å². The van der Waals surface area contributed by atoms with Crippen LogP contribution in [0.25, 0.3) is 11.3 Å². The molecule has 5 rings (SSSR count). The van der Waals surface area contributed by atoms with Crippen molar-refractivity contribution in [3.8, 4) is 11.3 Å². The lowest BCUT2D eigenvalue weighted by Gasteiger charge is -2.24. The zero-order valence-corrected chi connectivity index (χ0v) is 18.1. The van der Waals surface area contributed by atoms with Crippen LogP contribution >= 0.6 is 0 Å². The van der Waals surface area contributed by atoms with Crippen molar-refractivity contribution in [2.45, 2.75) is 30.3 Å². The Morgan fingerprint density at radius 3 is 2.59 bits per heavy atom. The van der Waals surface area contributed by atoms with Crippen LogP contribution in [0.15, 0.2) is 70.2 Å². The first-order valence-corrected chi connectivity index (χ1v) is 11.7. The van der Waals surface area contributed by atoms with Crippen LogP contribution in [0, 0.1) is 6.92 Å². The molecule has 9 heteroatoms. The van der Waals surface area contributed by atoms with E-state index in [0.29, 0.717) is 29.0 Å². The summed E-state index contributed by atoms with van der Waals surface area (Å²) in [5.41, 5.74) is 2.39. The summed E-state index contributed by atoms with van der Waals surface area (Å²) in [7, 11) is -3.85. The smallest absolute Gasteiger partial charge is 0.256 e. The van der Waals surface area contributed by atoms with Crippen molar-refractivity contribution in [1.82, 2.24) is 9.62 Å². The van der Waals surface area contributed by atoms with E-state index < -0.39 is 28.0 Å². The molecule has 2 aromatic carbocycles. The molecule has 2 atom stereocenters. The number of nitrogens with zero attached hydrogens (tertiary/aromatic N) is 1. The first-order chi connectivity index (χ1) is 15.3. The fraction of sp³-hybridized carbons (Fsp3) is 0.217. The fourth-order valence-electron chi connectivity index (χ4n) is 4.24. The van der Waals surface area contributed by atoms with Gasteiger partial charge in [0.15, 0.2) is 0 Å². The number of hydrogen-bond donors (Lipinski definition) is 2. The van der Waals surface area contributed by atoms with Crippen LogP contribution < -0.4 is 10.0 Å². The maximum atomic E-state index is 13.3. The van der Waals surface area contributed by atoms with Crippen molar-refractivity contribution in [1.29, 1.82) is 0 Å². The van der Waals surface area contributed by atoms with Crippen LogP contribution in [-0.2, 0) is 14.8 Å². The van der Waals surface area contributed by atoms with E-state index in [1.54, 1.807) is 48.7 Å². The van der Waals surface area contributed by atoms with Crippen LogP contribution in [-0.4, -0.2) is 43.8 Å². The van der Waals surface area contributed by atoms with Crippen LogP contribution in [0.5, 0.6) is 0 Å². The highest BCUT2D eigenvalue weighted by molar-refractivity contribution is 7.89. The number of carbonyl (C=O) groups excluding carboxylic acids is 2. The third kappa shape index (κ3) is 3.49. The summed E-state index contributed by atoms with van der Waals surface area (Å²) in [6.07, 6.45) is 1.88. The van der Waals surface area contributed by atoms with Crippen LogP contribution in [0.3, 0.4) is 0 Å². The Kier molecular flexibility index (Phi) is 4.87. The molecule has 1 fully saturated rings. The molecular formula is C23H21N3O5S. The lowest BCUT2D eigenvalue weighted by atomic mass is 10.1. The largest absolute Gasteiger partial charge is 0.464 e. The van der Waals surface area contributed by atoms with Crippen molar-refractivity contribution in [2.75, 3.05) is 11.9 Å². The normalized spacial score (nSPS) is 20.5. The van der Waals surface area contributed by atoms with E-state index in [9.17, 15) is 18.0 Å². The molecule has 2 aliphatic heterocycles. The molecular weight excluding hydrogens is 430 g/mol. The second-order valence-corrected chi connectivity index (χ2v) is 9.71. The maximum absolute atomic E-state index is 13.3. The lowest BCUT2D eigenvalue weighted by molar-refractivity contribution is -0.120. The highest BCUT2D eigenvalue weighted by Gasteiger charge is 2.46. The van der Waals surface area contributed by atoms with Crippen molar-refractivity contribution in [3.63, 3.8) is 0 Å². The number of rotatable bonds is 4. The second kappa shape index (κ2) is 7.61. The molecule has 8 nitrogen and oxygen atoms in total. The van der Waals surface area contributed by atoms with E-state index in [1.807, 2.05) is 6.92 Å². The molecule has 0 radical (unpaired) electrons. The zero-order valence-electron chi connectivity index (χ0n) is 17.2. The van der Waals surface area contributed by atoms with Gasteiger partial charge in [-0.2, -0.15) is 0 Å². The number of benzene rings is 2. The Labute approximate surface area is 185 Å². The van der Waals surface area contributed by atoms with Gasteiger partial charge in [0.05, 0.1) is 28.5 Å². The third-order valence-electron chi connectivity index (χ3n) is 5.88. The Hall–Kier alpha value is -3.43. The molecule has 2 aliphatic rings. The minimum absolute atomic E-state index is 0.119. The summed E-state index contributed by atoms with van der Waals surface area (Å²) in [5.74, 6) is -0.136. The first-order valence-electron chi connectivity index (χ1n) is 10.2. The molecule has 32 heavy (non-hydrogen) atoms. The first kappa shape index (κ1) is 20.5. The number of hydrogen-bond acceptors (Lipinski definition) is 5. The summed E-state index contributed by atoms with van der Waals surface area (Å²) in [6, 6.07) is 13.4. The molecule has 164 valence electrons. The molecule has 0 bridgehead atoms. The van der Waals surface area contributed by atoms with Crippen molar-refractivity contribution in [2.24, 2.45) is 0 Å². The Morgan fingerprint density at radius 1 is 1.09 bits per heavy atom. The molecule has 0 spiro atoms. The van der Waals surface area contributed by atoms with Crippen molar-refractivity contribution < 1.29 is 22.4 Å². The number of sulfonamides is 1. The Morgan fingerprint density at radius 2 is 1.88 bits per heavy atom. The summed E-state index contributed by atoms with van der Waals surface area (Å²) in [5, 5.41) is 2.79. The monoisotopic (exact) mass is 451 g/mol. The summed E-state index contributed by atoms with van der Waals surface area (Å²) in [4.78, 5) is 27.9. The minimum Gasteiger partial charge on any atom is -0.464 e. The molecule has 0 saturated carbocycles. The van der Waals surface area contributed by atoms with Crippen LogP contribution in [0.1, 0.15) is 22.3 Å². The topological polar surface area (TPSA) is 109 Å². The van der Waals surface area contributed by atoms with E-state index in [4.69, 9.17) is 4.42 Å². The van der Waals surface area contributed by atoms with Gasteiger partial charge in [-0.1, -0.05) is 17.7 Å². The zero-order chi connectivity index (χ0) is 22.5. The average Bonchev–Trinajstić information content (AvgIpc) is 3.42. The number of nitrogens with one attached hydrogen (secondary N) is 2. The molecule has 2 unspecified atom stereocenters. The summed E-state index contributed by atoms with van der Waals surface area (Å²) >= 11 is 0. The number of carbonyl (C=O) groups is 2. The number of anilines is 1. The molecule has 1 aromatic heterocycles. The second-order valence-electron chi connectivity index (χ2n) is 8.00. The number of aryl methyl sites for hydroxylation is 1. The third-order valence-corrected chi connectivity index (χ3v) is 7.38. The SMILES string of the molecule is Cc1ccc(S(=O)(=O)NC2CCN3C(=O)c4cc(-c5ccco5)ccc4NC(=O)C23)cc1. The van der Waals surface area contributed by atoms with Crippen molar-refractivity contribution in [3.05, 3.63) is 72.0 Å². The molecule has 3 aromatic rings. The molecule has 2 amide bonds. The van der Waals surface area contributed by atoms with Gasteiger partial charge in [0.2, 0.25) is 15.9 Å². The molecule has 3 heterocycles. The highest BCUT2D eigenvalue weighted by Crippen LogP contribution is 2.32. The Balaban J connectivity index is 1.44. The summed E-state index contributed by atoms with van der Waals surface area (Å²) in [6.45, 7) is 2.14. The number of fused-ring (bicyclic) bond motifs is 2. The number of furan rings is 1. The van der Waals surface area contributed by atoms with Gasteiger partial charge >= 0.3 is 0 Å². The van der Waals surface area contributed by atoms with Gasteiger partial charge in [0.1, 0.15) is 11.8 Å². The van der Waals surface area contributed by atoms with E-state index in [1.165, 1.54) is 17.0 Å². The van der Waals surface area contributed by atoms with Crippen LogP contribution in [0.2, 0.25) is 0 Å². The van der Waals surface area contributed by atoms with E-state index in [-0.39, 0.29) is 17.3 Å². The predicted octanol–water partition coefficient (Wildman–Crippen LogP) is 2.77. The predicted molar refractivity (Wildman–Crippen MR) is 118 cm³/mol. The van der Waals surface area contributed by atoms with Gasteiger partial charge in [0, 0.05) is 12.1 Å². The standard InChI is InChI=1S/C23H21N3O5S/c1-14-4-7-16(8-5-14)32(29,30)25-19-10-11-26-21(19)22(27)24-18-9-6-15(13-17(18)23(26)28)20-3-2-12-31-20/h2-9,12-13,19,21,25H,10-11H2,1H3,(H,24,27). The Bertz CT molecular complexity index is 1300. The summed E-state index contributed by atoms with van der Waals surface area (Å²) < 4.78 is 33.8. The maximum Gasteiger partial charge on any atom is 0.256 e. The van der Waals surface area contributed by atoms with E-state index in [2.05, 4.69) is 10.0 Å². The van der Waals surface area contributed by atoms with Gasteiger partial charge < -0.3 is 14.6 Å². The van der Waals surface area contributed by atoms with Gasteiger partial charge in [0.25, 0.3) is 5.91 Å². The van der Waals surface area contributed by atoms with Gasteiger partial charge in [-0.15, -0.1) is 0 Å². The molecule has 2 N–H and O–H groups in total. The van der Waals surface area contributed by atoms with E-state index in [0.717, 1.165) is 5.56 Å². The lowest BCUT2D eigenvalue weighted by Crippen LogP contribution is -2.51. The minimum atomic E-state index is -3.85. The fourth-order valence-corrected chi connectivity index (χ4v) is 5.52. The highest BCUT2D eigenvalue weighted by atomic mass is 32.2. The molecule has 1 saturated heterocycles. The van der Waals surface area contributed by atoms with Gasteiger partial charge in [-0.3, -0.25) is 9.59 Å². The molecule has 0 aliphatic carbocycles. The van der Waals surface area contributed by atoms with Gasteiger partial charge in [-0.05, 0) is 55.8 Å². The van der Waals surface area contributed by atoms with Gasteiger partial charge in [-0.25, -0.2) is 13.1 Å². The number of amides is 2. The quantitative estimate of drug-likeness (QED) is 0.634.